The van der Waals surface area contributed by atoms with Gasteiger partial charge in [0, 0.05) is 0 Å². The van der Waals surface area contributed by atoms with E-state index in [-0.39, 0.29) is 6.34 Å². The van der Waals surface area contributed by atoms with Crippen LogP contribution < -0.4 is 5.43 Å². The van der Waals surface area contributed by atoms with E-state index in [9.17, 15) is 22.0 Å². The van der Waals surface area contributed by atoms with E-state index in [1.165, 1.54) is 0 Å². The summed E-state index contributed by atoms with van der Waals surface area (Å²) in [5.74, 6) is 0. The summed E-state index contributed by atoms with van der Waals surface area (Å²) in [7, 11) is 0. The lowest BCUT2D eigenvalue weighted by atomic mass is 10.3. The maximum absolute atomic E-state index is 13.2. The summed E-state index contributed by atoms with van der Waals surface area (Å²) in [5, 5.41) is 3.03. The van der Waals surface area contributed by atoms with E-state index in [2.05, 4.69) is 5.10 Å². The van der Waals surface area contributed by atoms with Gasteiger partial charge in [-0.3, -0.25) is 10.3 Å². The predicted molar refractivity (Wildman–Crippen MR) is 63.0 cm³/mol. The maximum Gasteiger partial charge on any atom is 0.475 e. The van der Waals surface area contributed by atoms with Crippen molar-refractivity contribution in [2.45, 2.75) is 26.5 Å². The number of hydrazone groups is 1. The molecular weight excluding hydrogens is 386 g/mol. The Labute approximate surface area is 128 Å². The molecule has 1 aliphatic heterocycles. The Balaban J connectivity index is 3.14. The number of hydrogen-bond acceptors (Lipinski definition) is 3. The monoisotopic (exact) mass is 387 g/mol. The Morgan fingerprint density at radius 3 is 1.84 bits per heavy atom. The van der Waals surface area contributed by atoms with Crippen LogP contribution in [0.5, 0.6) is 0 Å². The molecule has 13 heteroatoms. The number of nitrogens with zero attached hydrogens (tertiary/aromatic N) is 2. The Morgan fingerprint density at radius 2 is 1.47 bits per heavy atom. The van der Waals surface area contributed by atoms with Crippen molar-refractivity contribution in [3.8, 4) is 0 Å². The number of nitrogens with one attached hydrogen (secondary N) is 1. The largest absolute Gasteiger partial charge is 0.475 e. The van der Waals surface area contributed by atoms with E-state index in [4.69, 9.17) is 58.0 Å². The second-order valence-electron chi connectivity index (χ2n) is 3.34. The first kappa shape index (κ1) is 17.4. The van der Waals surface area contributed by atoms with Crippen molar-refractivity contribution in [2.24, 2.45) is 5.10 Å². The molecule has 0 amide bonds. The number of rotatable bonds is 2. The van der Waals surface area contributed by atoms with Gasteiger partial charge in [0.15, 0.2) is 6.17 Å². The lowest BCUT2D eigenvalue weighted by molar-refractivity contribution is -0.330. The zero-order valence-electron chi connectivity index (χ0n) is 8.33. The summed E-state index contributed by atoms with van der Waals surface area (Å²) in [5.41, 5.74) is 1.83. The van der Waals surface area contributed by atoms with Gasteiger partial charge in [0.2, 0.25) is 8.13 Å². The van der Waals surface area contributed by atoms with Gasteiger partial charge in [-0.1, -0.05) is 58.0 Å². The molecule has 112 valence electrons. The highest BCUT2D eigenvalue weighted by Crippen LogP contribution is 2.51. The summed E-state index contributed by atoms with van der Waals surface area (Å²) in [4.78, 5) is -0.575. The second-order valence-corrected chi connectivity index (χ2v) is 7.01. The molecule has 0 saturated heterocycles. The van der Waals surface area contributed by atoms with Crippen molar-refractivity contribution >= 4 is 64.3 Å². The van der Waals surface area contributed by atoms with E-state index >= 15 is 0 Å². The van der Waals surface area contributed by atoms with Crippen LogP contribution in [0.3, 0.4) is 0 Å². The summed E-state index contributed by atoms with van der Waals surface area (Å²) >= 11 is 27.2. The van der Waals surface area contributed by atoms with Gasteiger partial charge in [-0.2, -0.15) is 27.1 Å². The third-order valence-corrected chi connectivity index (χ3v) is 4.50. The fourth-order valence-corrected chi connectivity index (χ4v) is 1.70. The Bertz CT molecular complexity index is 378. The fraction of sp³-hybridized carbons (Fsp3) is 0.833. The normalized spacial score (nSPS) is 21.8. The second kappa shape index (κ2) is 4.98. The summed E-state index contributed by atoms with van der Waals surface area (Å²) in [6.45, 7) is 0. The SMILES string of the molecule is FC(F)(F)C(F)(F)N1C=NNC1C(Cl)(Cl)C(Cl)(Cl)Cl. The average Bonchev–Trinajstić information content (AvgIpc) is 2.62. The van der Waals surface area contributed by atoms with Gasteiger partial charge in [0.25, 0.3) is 0 Å². The van der Waals surface area contributed by atoms with Crippen molar-refractivity contribution in [3.05, 3.63) is 0 Å². The van der Waals surface area contributed by atoms with Gasteiger partial charge in [-0.05, 0) is 0 Å². The van der Waals surface area contributed by atoms with E-state index in [1.807, 2.05) is 5.43 Å². The molecule has 0 aromatic heterocycles. The van der Waals surface area contributed by atoms with Crippen LogP contribution in [-0.2, 0) is 0 Å². The number of alkyl halides is 10. The molecule has 1 rings (SSSR count). The van der Waals surface area contributed by atoms with Gasteiger partial charge in [0.1, 0.15) is 6.34 Å². The quantitative estimate of drug-likeness (QED) is 0.441. The minimum absolute atomic E-state index is 0.161. The highest BCUT2D eigenvalue weighted by atomic mass is 35.6. The van der Waals surface area contributed by atoms with Gasteiger partial charge in [0.05, 0.1) is 0 Å². The molecule has 1 atom stereocenters. The fourth-order valence-electron chi connectivity index (χ4n) is 1.09. The van der Waals surface area contributed by atoms with Crippen molar-refractivity contribution in [2.75, 3.05) is 0 Å². The van der Waals surface area contributed by atoms with Crippen LogP contribution in [0.1, 0.15) is 0 Å². The topological polar surface area (TPSA) is 27.6 Å². The van der Waals surface area contributed by atoms with Crippen LogP contribution in [0.4, 0.5) is 22.0 Å². The predicted octanol–water partition coefficient (Wildman–Crippen LogP) is 3.86. The highest BCUT2D eigenvalue weighted by Gasteiger charge is 2.68. The molecule has 0 saturated carbocycles. The summed E-state index contributed by atoms with van der Waals surface area (Å²) in [6.07, 6.45) is -7.85. The summed E-state index contributed by atoms with van der Waals surface area (Å²) < 4.78 is 58.1. The first-order valence-electron chi connectivity index (χ1n) is 4.19. The molecule has 0 aromatic rings. The van der Waals surface area contributed by atoms with Crippen LogP contribution in [0.15, 0.2) is 5.10 Å². The molecule has 1 unspecified atom stereocenters. The first-order chi connectivity index (χ1) is 8.23. The molecule has 0 aliphatic carbocycles. The molecule has 0 radical (unpaired) electrons. The van der Waals surface area contributed by atoms with Crippen LogP contribution in [0, 0.1) is 0 Å². The third kappa shape index (κ3) is 3.02. The Hall–Kier alpha value is 0.370. The van der Waals surface area contributed by atoms with Gasteiger partial charge in [-0.15, -0.1) is 0 Å². The molecule has 0 aromatic carbocycles. The van der Waals surface area contributed by atoms with Gasteiger partial charge < -0.3 is 0 Å². The lowest BCUT2D eigenvalue weighted by Gasteiger charge is -2.40. The Kier molecular flexibility index (Phi) is 4.56. The standard InChI is InChI=1S/C6H3Cl5F5N3/c7-3(8,4(9,10)11)2-18-17-1-19(2)6(15,16)5(12,13)14/h1-2,18H. The smallest absolute Gasteiger partial charge is 0.283 e. The first-order valence-corrected chi connectivity index (χ1v) is 6.08. The third-order valence-electron chi connectivity index (χ3n) is 2.04. The van der Waals surface area contributed by atoms with Crippen LogP contribution >= 0.6 is 58.0 Å². The molecule has 0 fully saturated rings. The molecular formula is C6H3Cl5F5N3. The van der Waals surface area contributed by atoms with Crippen molar-refractivity contribution in [1.82, 2.24) is 10.3 Å². The molecule has 1 heterocycles. The minimum Gasteiger partial charge on any atom is -0.283 e. The van der Waals surface area contributed by atoms with Crippen molar-refractivity contribution < 1.29 is 22.0 Å². The molecule has 0 spiro atoms. The number of halogens is 10. The van der Waals surface area contributed by atoms with Crippen LogP contribution in [0.25, 0.3) is 0 Å². The molecule has 1 N–H and O–H groups in total. The van der Waals surface area contributed by atoms with Crippen LogP contribution in [-0.4, -0.2) is 37.8 Å². The molecule has 3 nitrogen and oxygen atoms in total. The number of hydrogen-bond donors (Lipinski definition) is 1. The van der Waals surface area contributed by atoms with Crippen molar-refractivity contribution in [3.63, 3.8) is 0 Å². The molecule has 0 bridgehead atoms. The Morgan fingerprint density at radius 1 is 1.00 bits per heavy atom. The van der Waals surface area contributed by atoms with Gasteiger partial charge in [-0.25, -0.2) is 0 Å². The zero-order valence-corrected chi connectivity index (χ0v) is 12.1. The minimum atomic E-state index is -5.90. The summed E-state index contributed by atoms with van der Waals surface area (Å²) in [6, 6.07) is -5.31. The molecule has 19 heavy (non-hydrogen) atoms. The zero-order chi connectivity index (χ0) is 15.3. The van der Waals surface area contributed by atoms with E-state index < -0.39 is 31.4 Å². The van der Waals surface area contributed by atoms with Crippen molar-refractivity contribution in [1.29, 1.82) is 0 Å². The maximum atomic E-state index is 13.2. The average molecular weight is 389 g/mol. The lowest BCUT2D eigenvalue weighted by Crippen LogP contribution is -2.63. The van der Waals surface area contributed by atoms with Crippen LogP contribution in [0.2, 0.25) is 0 Å². The van der Waals surface area contributed by atoms with E-state index in [0.717, 1.165) is 0 Å². The van der Waals surface area contributed by atoms with Gasteiger partial charge >= 0.3 is 12.2 Å². The van der Waals surface area contributed by atoms with E-state index in [1.54, 1.807) is 0 Å². The highest BCUT2D eigenvalue weighted by molar-refractivity contribution is 6.75. The molecule has 1 aliphatic rings. The van der Waals surface area contributed by atoms with E-state index in [0.29, 0.717) is 0 Å².